The molecule has 2 unspecified atom stereocenters. The van der Waals surface area contributed by atoms with Crippen LogP contribution in [0.3, 0.4) is 0 Å². The average Bonchev–Trinajstić information content (AvgIpc) is 3.11. The minimum Gasteiger partial charge on any atom is -0.368 e. The fourth-order valence-electron chi connectivity index (χ4n) is 3.79. The summed E-state index contributed by atoms with van der Waals surface area (Å²) in [6.45, 7) is 5.50. The molecule has 0 spiro atoms. The topological polar surface area (TPSA) is 76.3 Å². The van der Waals surface area contributed by atoms with Crippen LogP contribution in [0.15, 0.2) is 41.3 Å². The van der Waals surface area contributed by atoms with E-state index < -0.39 is 0 Å². The third-order valence-corrected chi connectivity index (χ3v) is 5.20. The number of hydrogen-bond donors (Lipinski definition) is 3. The molecule has 0 saturated carbocycles. The van der Waals surface area contributed by atoms with Crippen molar-refractivity contribution in [1.82, 2.24) is 25.9 Å². The number of piperazine rings is 1. The van der Waals surface area contributed by atoms with Gasteiger partial charge in [-0.05, 0) is 17.7 Å². The Morgan fingerprint density at radius 2 is 1.92 bits per heavy atom. The summed E-state index contributed by atoms with van der Waals surface area (Å²) in [4.78, 5) is 16.1. The van der Waals surface area contributed by atoms with Gasteiger partial charge in [0.15, 0.2) is 0 Å². The van der Waals surface area contributed by atoms with E-state index in [1.54, 1.807) is 12.3 Å². The molecule has 0 aliphatic carbocycles. The highest BCUT2D eigenvalue weighted by molar-refractivity contribution is 5.43. The molecule has 7 nitrogen and oxygen atoms in total. The van der Waals surface area contributed by atoms with Gasteiger partial charge in [0.2, 0.25) is 0 Å². The van der Waals surface area contributed by atoms with Gasteiger partial charge in [-0.2, -0.15) is 5.10 Å². The van der Waals surface area contributed by atoms with Crippen LogP contribution in [0, 0.1) is 11.7 Å². The van der Waals surface area contributed by atoms with Crippen LogP contribution in [0.25, 0.3) is 0 Å². The summed E-state index contributed by atoms with van der Waals surface area (Å²) < 4.78 is 13.2. The van der Waals surface area contributed by atoms with Gasteiger partial charge in [0, 0.05) is 51.3 Å². The van der Waals surface area contributed by atoms with E-state index in [9.17, 15) is 9.18 Å². The number of hydrazine groups is 1. The molecule has 3 N–H and O–H groups in total. The van der Waals surface area contributed by atoms with Gasteiger partial charge in [0.25, 0.3) is 5.56 Å². The molecule has 0 amide bonds. The summed E-state index contributed by atoms with van der Waals surface area (Å²) >= 11 is 0. The maximum absolute atomic E-state index is 13.2. The molecule has 2 aliphatic rings. The molecule has 2 saturated heterocycles. The second kappa shape index (κ2) is 7.53. The quantitative estimate of drug-likeness (QED) is 0.739. The number of aromatic amines is 1. The number of anilines is 1. The molecule has 4 rings (SSSR count). The fourth-order valence-corrected chi connectivity index (χ4v) is 3.79. The van der Waals surface area contributed by atoms with Crippen LogP contribution in [0.1, 0.15) is 11.6 Å². The summed E-state index contributed by atoms with van der Waals surface area (Å²) in [5, 5.41) is 6.29. The second-order valence-electron chi connectivity index (χ2n) is 6.91. The van der Waals surface area contributed by atoms with Crippen LogP contribution in [0.2, 0.25) is 0 Å². The predicted molar refractivity (Wildman–Crippen MR) is 97.3 cm³/mol. The Morgan fingerprint density at radius 1 is 1.15 bits per heavy atom. The van der Waals surface area contributed by atoms with Crippen molar-refractivity contribution in [3.8, 4) is 0 Å². The Hall–Kier alpha value is -2.29. The molecular weight excluding hydrogens is 335 g/mol. The van der Waals surface area contributed by atoms with Crippen LogP contribution in [-0.4, -0.2) is 54.4 Å². The van der Waals surface area contributed by atoms with Crippen molar-refractivity contribution >= 4 is 5.69 Å². The zero-order valence-electron chi connectivity index (χ0n) is 14.5. The molecule has 0 bridgehead atoms. The third-order valence-electron chi connectivity index (χ3n) is 5.20. The number of nitrogens with zero attached hydrogens (tertiary/aromatic N) is 3. The molecule has 1 aromatic heterocycles. The number of rotatable bonds is 4. The minimum absolute atomic E-state index is 0.171. The second-order valence-corrected chi connectivity index (χ2v) is 6.91. The van der Waals surface area contributed by atoms with Gasteiger partial charge in [-0.15, -0.1) is 0 Å². The van der Waals surface area contributed by atoms with Gasteiger partial charge in [0.05, 0.1) is 17.9 Å². The average molecular weight is 358 g/mol. The van der Waals surface area contributed by atoms with E-state index in [0.29, 0.717) is 5.92 Å². The molecular formula is C18H23FN6O. The van der Waals surface area contributed by atoms with Crippen molar-refractivity contribution in [1.29, 1.82) is 0 Å². The lowest BCUT2D eigenvalue weighted by molar-refractivity contribution is 0.214. The summed E-state index contributed by atoms with van der Waals surface area (Å²) in [7, 11) is 0. The largest absolute Gasteiger partial charge is 0.368 e. The Kier molecular flexibility index (Phi) is 4.96. The SMILES string of the molecule is O=c1cc(N2CCN(CC3CNNC3c3ccc(F)cc3)CC2)cn[nH]1. The number of nitrogens with one attached hydrogen (secondary N) is 3. The summed E-state index contributed by atoms with van der Waals surface area (Å²) in [6.07, 6.45) is 1.70. The van der Waals surface area contributed by atoms with Crippen LogP contribution in [0.4, 0.5) is 10.1 Å². The zero-order chi connectivity index (χ0) is 17.9. The summed E-state index contributed by atoms with van der Waals surface area (Å²) in [6, 6.07) is 8.51. The van der Waals surface area contributed by atoms with Gasteiger partial charge in [-0.25, -0.2) is 14.9 Å². The number of aromatic nitrogens is 2. The Morgan fingerprint density at radius 3 is 2.65 bits per heavy atom. The highest BCUT2D eigenvalue weighted by Gasteiger charge is 2.30. The van der Waals surface area contributed by atoms with E-state index >= 15 is 0 Å². The molecule has 8 heteroatoms. The lowest BCUT2D eigenvalue weighted by Crippen LogP contribution is -2.48. The number of H-pyrrole nitrogens is 1. The minimum atomic E-state index is -0.207. The maximum Gasteiger partial charge on any atom is 0.266 e. The highest BCUT2D eigenvalue weighted by Crippen LogP contribution is 2.26. The maximum atomic E-state index is 13.2. The fraction of sp³-hybridized carbons (Fsp3) is 0.444. The van der Waals surface area contributed by atoms with E-state index in [1.165, 1.54) is 12.1 Å². The molecule has 138 valence electrons. The van der Waals surface area contributed by atoms with Gasteiger partial charge in [0.1, 0.15) is 5.82 Å². The van der Waals surface area contributed by atoms with E-state index in [0.717, 1.165) is 50.5 Å². The summed E-state index contributed by atoms with van der Waals surface area (Å²) in [5.74, 6) is 0.217. The first-order valence-corrected chi connectivity index (χ1v) is 8.95. The van der Waals surface area contributed by atoms with Crippen molar-refractivity contribution in [2.75, 3.05) is 44.2 Å². The number of benzene rings is 1. The standard InChI is InChI=1S/C18H23FN6O/c19-15-3-1-13(2-4-15)18-14(10-20-23-18)12-24-5-7-25(8-6-24)16-9-17(26)22-21-11-16/h1-4,9,11,14,18,20,23H,5-8,10,12H2,(H,22,26). The van der Waals surface area contributed by atoms with Crippen LogP contribution in [0.5, 0.6) is 0 Å². The molecule has 1 aromatic carbocycles. The van der Waals surface area contributed by atoms with Gasteiger partial charge in [-0.3, -0.25) is 15.1 Å². The Labute approximate surface area is 151 Å². The van der Waals surface area contributed by atoms with Crippen molar-refractivity contribution < 1.29 is 4.39 Å². The monoisotopic (exact) mass is 358 g/mol. The van der Waals surface area contributed by atoms with Gasteiger partial charge >= 0.3 is 0 Å². The molecule has 2 aliphatic heterocycles. The van der Waals surface area contributed by atoms with E-state index in [1.807, 2.05) is 12.1 Å². The van der Waals surface area contributed by atoms with Gasteiger partial charge in [-0.1, -0.05) is 12.1 Å². The first kappa shape index (κ1) is 17.1. The molecule has 0 radical (unpaired) electrons. The van der Waals surface area contributed by atoms with Crippen LogP contribution >= 0.6 is 0 Å². The van der Waals surface area contributed by atoms with Crippen molar-refractivity contribution in [3.63, 3.8) is 0 Å². The van der Waals surface area contributed by atoms with Crippen molar-refractivity contribution in [3.05, 3.63) is 58.3 Å². The molecule has 2 fully saturated rings. The Balaban J connectivity index is 1.35. The Bertz CT molecular complexity index is 787. The van der Waals surface area contributed by atoms with E-state index in [-0.39, 0.29) is 17.4 Å². The van der Waals surface area contributed by atoms with Crippen molar-refractivity contribution in [2.45, 2.75) is 6.04 Å². The highest BCUT2D eigenvalue weighted by atomic mass is 19.1. The van der Waals surface area contributed by atoms with Crippen LogP contribution < -0.4 is 21.3 Å². The smallest absolute Gasteiger partial charge is 0.266 e. The van der Waals surface area contributed by atoms with Crippen molar-refractivity contribution in [2.24, 2.45) is 5.92 Å². The number of halogens is 1. The normalized spacial score (nSPS) is 24.1. The molecule has 26 heavy (non-hydrogen) atoms. The van der Waals surface area contributed by atoms with E-state index in [4.69, 9.17) is 0 Å². The summed E-state index contributed by atoms with van der Waals surface area (Å²) in [5.41, 5.74) is 8.37. The lowest BCUT2D eigenvalue weighted by atomic mass is 9.94. The number of hydrogen-bond acceptors (Lipinski definition) is 6. The first-order valence-electron chi connectivity index (χ1n) is 8.95. The molecule has 2 aromatic rings. The van der Waals surface area contributed by atoms with Crippen LogP contribution in [-0.2, 0) is 0 Å². The molecule has 2 atom stereocenters. The third kappa shape index (κ3) is 3.77. The lowest BCUT2D eigenvalue weighted by Gasteiger charge is -2.37. The zero-order valence-corrected chi connectivity index (χ0v) is 14.5. The van der Waals surface area contributed by atoms with E-state index in [2.05, 4.69) is 30.8 Å². The van der Waals surface area contributed by atoms with Gasteiger partial charge < -0.3 is 4.90 Å². The molecule has 3 heterocycles. The first-order chi connectivity index (χ1) is 12.7. The predicted octanol–water partition coefficient (Wildman–Crippen LogP) is 0.496.